The largest absolute Gasteiger partial charge is 0.370 e. The van der Waals surface area contributed by atoms with Gasteiger partial charge in [0.05, 0.1) is 18.9 Å². The van der Waals surface area contributed by atoms with Crippen LogP contribution in [0.15, 0.2) is 29.6 Å². The first-order chi connectivity index (χ1) is 10.1. The van der Waals surface area contributed by atoms with Crippen molar-refractivity contribution in [3.05, 3.63) is 50.9 Å². The van der Waals surface area contributed by atoms with Crippen LogP contribution < -0.4 is 5.32 Å². The summed E-state index contributed by atoms with van der Waals surface area (Å²) in [6, 6.07) is 7.72. The minimum atomic E-state index is 0.535. The zero-order chi connectivity index (χ0) is 15.1. The molecule has 0 saturated carbocycles. The molecule has 0 aliphatic carbocycles. The Morgan fingerprint density at radius 3 is 2.95 bits per heavy atom. The van der Waals surface area contributed by atoms with Crippen molar-refractivity contribution in [3.8, 4) is 0 Å². The van der Waals surface area contributed by atoms with Gasteiger partial charge in [-0.3, -0.25) is 0 Å². The number of hydrogen-bond acceptors (Lipinski definition) is 4. The molecule has 1 heterocycles. The number of halogens is 1. The molecule has 2 aromatic rings. The topological polar surface area (TPSA) is 34.2 Å². The van der Waals surface area contributed by atoms with Crippen LogP contribution in [0.5, 0.6) is 0 Å². The van der Waals surface area contributed by atoms with E-state index in [2.05, 4.69) is 29.5 Å². The van der Waals surface area contributed by atoms with Crippen molar-refractivity contribution >= 4 is 22.9 Å². The van der Waals surface area contributed by atoms with E-state index < -0.39 is 0 Å². The van der Waals surface area contributed by atoms with E-state index in [1.165, 1.54) is 0 Å². The van der Waals surface area contributed by atoms with Gasteiger partial charge in [0.15, 0.2) is 0 Å². The Labute approximate surface area is 135 Å². The molecule has 0 atom stereocenters. The molecule has 0 amide bonds. The van der Waals surface area contributed by atoms with Gasteiger partial charge in [0.2, 0.25) is 0 Å². The van der Waals surface area contributed by atoms with Crippen molar-refractivity contribution in [2.24, 2.45) is 5.92 Å². The molecule has 1 aromatic heterocycles. The van der Waals surface area contributed by atoms with Crippen molar-refractivity contribution in [3.63, 3.8) is 0 Å². The van der Waals surface area contributed by atoms with Gasteiger partial charge in [0.25, 0.3) is 0 Å². The van der Waals surface area contributed by atoms with E-state index in [1.54, 1.807) is 11.3 Å². The zero-order valence-electron chi connectivity index (χ0n) is 12.4. The highest BCUT2D eigenvalue weighted by Gasteiger charge is 2.03. The summed E-state index contributed by atoms with van der Waals surface area (Å²) in [5, 5.41) is 7.30. The number of hydrogen-bond donors (Lipinski definition) is 1. The van der Waals surface area contributed by atoms with E-state index in [0.717, 1.165) is 34.4 Å². The molecule has 0 fully saturated rings. The molecule has 3 nitrogen and oxygen atoms in total. The number of nitrogens with zero attached hydrogens (tertiary/aromatic N) is 1. The lowest BCUT2D eigenvalue weighted by atomic mass is 10.2. The highest BCUT2D eigenvalue weighted by Crippen LogP contribution is 2.14. The fraction of sp³-hybridized carbons (Fsp3) is 0.438. The lowest BCUT2D eigenvalue weighted by molar-refractivity contribution is 0.105. The average molecular weight is 325 g/mol. The summed E-state index contributed by atoms with van der Waals surface area (Å²) in [4.78, 5) is 4.56. The van der Waals surface area contributed by atoms with Crippen molar-refractivity contribution in [1.29, 1.82) is 0 Å². The van der Waals surface area contributed by atoms with Gasteiger partial charge in [-0.05, 0) is 30.2 Å². The molecule has 0 aliphatic heterocycles. The summed E-state index contributed by atoms with van der Waals surface area (Å²) in [5.74, 6) is 0.658. The molecule has 0 aliphatic rings. The van der Waals surface area contributed by atoms with Crippen LogP contribution in [0.4, 0.5) is 0 Å². The molecular formula is C16H21ClN2OS. The second kappa shape index (κ2) is 8.49. The summed E-state index contributed by atoms with van der Waals surface area (Å²) < 4.78 is 5.68. The lowest BCUT2D eigenvalue weighted by Crippen LogP contribution is -2.18. The first-order valence-corrected chi connectivity index (χ1v) is 8.35. The summed E-state index contributed by atoms with van der Waals surface area (Å²) in [6.45, 7) is 7.33. The second-order valence-corrected chi connectivity index (χ2v) is 6.76. The molecule has 21 heavy (non-hydrogen) atoms. The Balaban J connectivity index is 1.72. The van der Waals surface area contributed by atoms with Gasteiger partial charge in [-0.15, -0.1) is 11.3 Å². The van der Waals surface area contributed by atoms with Crippen molar-refractivity contribution < 1.29 is 4.74 Å². The van der Waals surface area contributed by atoms with Crippen LogP contribution in [-0.4, -0.2) is 11.5 Å². The summed E-state index contributed by atoms with van der Waals surface area (Å²) in [7, 11) is 0. The first-order valence-electron chi connectivity index (χ1n) is 7.09. The van der Waals surface area contributed by atoms with E-state index in [-0.39, 0.29) is 0 Å². The molecule has 0 saturated heterocycles. The van der Waals surface area contributed by atoms with Gasteiger partial charge in [-0.1, -0.05) is 37.6 Å². The van der Waals surface area contributed by atoms with Crippen LogP contribution in [0, 0.1) is 5.92 Å². The van der Waals surface area contributed by atoms with Crippen molar-refractivity contribution in [2.45, 2.75) is 33.6 Å². The van der Waals surface area contributed by atoms with Crippen LogP contribution in [-0.2, 0) is 24.5 Å². The maximum absolute atomic E-state index is 5.94. The molecule has 1 aromatic carbocycles. The van der Waals surface area contributed by atoms with E-state index in [0.29, 0.717) is 19.1 Å². The number of benzene rings is 1. The van der Waals surface area contributed by atoms with E-state index in [4.69, 9.17) is 16.3 Å². The molecule has 0 bridgehead atoms. The monoisotopic (exact) mass is 324 g/mol. The minimum Gasteiger partial charge on any atom is -0.370 e. The van der Waals surface area contributed by atoms with Crippen LogP contribution in [0.2, 0.25) is 5.02 Å². The summed E-state index contributed by atoms with van der Waals surface area (Å²) >= 11 is 7.62. The van der Waals surface area contributed by atoms with Gasteiger partial charge in [0, 0.05) is 16.9 Å². The first kappa shape index (κ1) is 16.4. The fourth-order valence-corrected chi connectivity index (χ4v) is 2.83. The number of nitrogens with one attached hydrogen (secondary N) is 1. The molecule has 0 unspecified atom stereocenters. The highest BCUT2D eigenvalue weighted by atomic mass is 35.5. The molecule has 2 rings (SSSR count). The Morgan fingerprint density at radius 1 is 1.33 bits per heavy atom. The van der Waals surface area contributed by atoms with Crippen molar-refractivity contribution in [2.75, 3.05) is 6.54 Å². The third kappa shape index (κ3) is 6.14. The van der Waals surface area contributed by atoms with Gasteiger partial charge in [-0.2, -0.15) is 0 Å². The maximum atomic E-state index is 5.94. The predicted octanol–water partition coefficient (Wildman–Crippen LogP) is 4.26. The minimum absolute atomic E-state index is 0.535. The molecule has 0 spiro atoms. The van der Waals surface area contributed by atoms with Crippen molar-refractivity contribution in [1.82, 2.24) is 10.3 Å². The molecule has 0 radical (unpaired) electrons. The predicted molar refractivity (Wildman–Crippen MR) is 88.6 cm³/mol. The van der Waals surface area contributed by atoms with E-state index in [1.807, 2.05) is 24.3 Å². The number of rotatable bonds is 8. The van der Waals surface area contributed by atoms with Crippen LogP contribution in [0.25, 0.3) is 0 Å². The van der Waals surface area contributed by atoms with E-state index >= 15 is 0 Å². The Hall–Kier alpha value is -0.940. The standard InChI is InChI=1S/C16H21ClN2OS/c1-12(2)7-18-8-16-19-15(11-21-16)10-20-9-13-4-3-5-14(17)6-13/h3-6,11-12,18H,7-10H2,1-2H3. The lowest BCUT2D eigenvalue weighted by Gasteiger charge is -2.05. The maximum Gasteiger partial charge on any atom is 0.107 e. The van der Waals surface area contributed by atoms with E-state index in [9.17, 15) is 0 Å². The molecule has 114 valence electrons. The van der Waals surface area contributed by atoms with Crippen LogP contribution in [0.3, 0.4) is 0 Å². The number of ether oxygens (including phenoxy) is 1. The van der Waals surface area contributed by atoms with Gasteiger partial charge in [-0.25, -0.2) is 4.98 Å². The molecule has 5 heteroatoms. The Kier molecular flexibility index (Phi) is 6.64. The zero-order valence-corrected chi connectivity index (χ0v) is 14.0. The third-order valence-electron chi connectivity index (χ3n) is 2.84. The second-order valence-electron chi connectivity index (χ2n) is 5.38. The summed E-state index contributed by atoms with van der Waals surface area (Å²) in [6.07, 6.45) is 0. The van der Waals surface area contributed by atoms with Crippen LogP contribution in [0.1, 0.15) is 30.1 Å². The van der Waals surface area contributed by atoms with Gasteiger partial charge < -0.3 is 10.1 Å². The number of aromatic nitrogens is 1. The van der Waals surface area contributed by atoms with Gasteiger partial charge >= 0.3 is 0 Å². The van der Waals surface area contributed by atoms with Crippen LogP contribution >= 0.6 is 22.9 Å². The number of thiazole rings is 1. The average Bonchev–Trinajstić information content (AvgIpc) is 2.86. The Bertz CT molecular complexity index is 557. The Morgan fingerprint density at radius 2 is 2.19 bits per heavy atom. The highest BCUT2D eigenvalue weighted by molar-refractivity contribution is 7.09. The third-order valence-corrected chi connectivity index (χ3v) is 3.97. The van der Waals surface area contributed by atoms with Gasteiger partial charge in [0.1, 0.15) is 5.01 Å². The summed E-state index contributed by atoms with van der Waals surface area (Å²) in [5.41, 5.74) is 2.07. The molecular weight excluding hydrogens is 304 g/mol. The normalized spacial score (nSPS) is 11.2. The fourth-order valence-electron chi connectivity index (χ4n) is 1.86. The molecule has 1 N–H and O–H groups in total. The quantitative estimate of drug-likeness (QED) is 0.788. The SMILES string of the molecule is CC(C)CNCc1nc(COCc2cccc(Cl)c2)cs1. The smallest absolute Gasteiger partial charge is 0.107 e.